The normalized spacial score (nSPS) is 15.2. The summed E-state index contributed by atoms with van der Waals surface area (Å²) in [5.41, 5.74) is 4.42. The summed E-state index contributed by atoms with van der Waals surface area (Å²) in [6.07, 6.45) is 12.8. The molecular weight excluding hydrogens is 322 g/mol. The van der Waals surface area contributed by atoms with Crippen LogP contribution in [0.25, 0.3) is 11.3 Å². The number of pyridine rings is 2. The van der Waals surface area contributed by atoms with Gasteiger partial charge in [-0.25, -0.2) is 9.97 Å². The maximum Gasteiger partial charge on any atom is 0.225 e. The highest BCUT2D eigenvalue weighted by Gasteiger charge is 2.22. The van der Waals surface area contributed by atoms with Crippen LogP contribution in [0.5, 0.6) is 0 Å². The van der Waals surface area contributed by atoms with Crippen LogP contribution in [0.4, 0.5) is 5.95 Å². The Labute approximate surface area is 154 Å². The van der Waals surface area contributed by atoms with Crippen LogP contribution in [0.2, 0.25) is 0 Å². The fourth-order valence-corrected chi connectivity index (χ4v) is 3.57. The van der Waals surface area contributed by atoms with Crippen LogP contribution in [0.1, 0.15) is 24.0 Å². The van der Waals surface area contributed by atoms with Gasteiger partial charge in [0.05, 0.1) is 5.69 Å². The Bertz CT molecular complexity index is 843. The Kier molecular flexibility index (Phi) is 4.86. The van der Waals surface area contributed by atoms with Gasteiger partial charge in [0.25, 0.3) is 0 Å². The minimum atomic E-state index is 0.707. The Morgan fingerprint density at radius 2 is 1.77 bits per heavy atom. The van der Waals surface area contributed by atoms with Gasteiger partial charge in [-0.1, -0.05) is 6.07 Å². The van der Waals surface area contributed by atoms with E-state index in [1.54, 1.807) is 6.20 Å². The maximum atomic E-state index is 4.84. The molecule has 26 heavy (non-hydrogen) atoms. The lowest BCUT2D eigenvalue weighted by atomic mass is 9.91. The van der Waals surface area contributed by atoms with Crippen LogP contribution in [-0.2, 0) is 6.42 Å². The first-order chi connectivity index (χ1) is 12.8. The van der Waals surface area contributed by atoms with Crippen molar-refractivity contribution < 1.29 is 0 Å². The number of hydrogen-bond donors (Lipinski definition) is 0. The number of aromatic nitrogens is 4. The summed E-state index contributed by atoms with van der Waals surface area (Å²) in [6.45, 7) is 4.05. The van der Waals surface area contributed by atoms with Gasteiger partial charge < -0.3 is 4.90 Å². The number of piperidine rings is 1. The van der Waals surface area contributed by atoms with E-state index in [-0.39, 0.29) is 0 Å². The van der Waals surface area contributed by atoms with E-state index in [2.05, 4.69) is 25.9 Å². The Hall–Kier alpha value is -2.82. The highest BCUT2D eigenvalue weighted by molar-refractivity contribution is 5.62. The van der Waals surface area contributed by atoms with Gasteiger partial charge in [-0.05, 0) is 61.4 Å². The first-order valence-electron chi connectivity index (χ1n) is 9.17. The SMILES string of the molecule is Cc1cnc(N2CCC(Cc3cccnc3)CC2)nc1-c1cccnc1. The lowest BCUT2D eigenvalue weighted by Crippen LogP contribution is -2.35. The molecule has 0 aromatic carbocycles. The monoisotopic (exact) mass is 345 g/mol. The van der Waals surface area contributed by atoms with Gasteiger partial charge in [0.2, 0.25) is 5.95 Å². The van der Waals surface area contributed by atoms with Crippen molar-refractivity contribution in [1.29, 1.82) is 0 Å². The summed E-state index contributed by atoms with van der Waals surface area (Å²) < 4.78 is 0. The zero-order valence-electron chi connectivity index (χ0n) is 15.0. The number of anilines is 1. The minimum Gasteiger partial charge on any atom is -0.341 e. The van der Waals surface area contributed by atoms with Gasteiger partial charge in [-0.3, -0.25) is 9.97 Å². The van der Waals surface area contributed by atoms with Gasteiger partial charge in [0.1, 0.15) is 0 Å². The molecule has 0 atom stereocenters. The Balaban J connectivity index is 1.45. The summed E-state index contributed by atoms with van der Waals surface area (Å²) in [4.78, 5) is 20.2. The van der Waals surface area contributed by atoms with E-state index in [9.17, 15) is 0 Å². The summed E-state index contributed by atoms with van der Waals surface area (Å²) >= 11 is 0. The molecule has 3 aromatic rings. The molecule has 4 heterocycles. The molecule has 0 saturated carbocycles. The molecule has 5 heteroatoms. The van der Waals surface area contributed by atoms with E-state index < -0.39 is 0 Å². The third-order valence-electron chi connectivity index (χ3n) is 5.04. The standard InChI is InChI=1S/C21H23N5/c1-16-13-24-21(25-20(16)19-5-3-9-23-15-19)26-10-6-17(7-11-26)12-18-4-2-8-22-14-18/h2-5,8-9,13-15,17H,6-7,10-12H2,1H3. The molecule has 0 aliphatic carbocycles. The molecule has 1 fully saturated rings. The fraction of sp³-hybridized carbons (Fsp3) is 0.333. The van der Waals surface area contributed by atoms with Gasteiger partial charge in [0.15, 0.2) is 0 Å². The second kappa shape index (κ2) is 7.60. The van der Waals surface area contributed by atoms with E-state index >= 15 is 0 Å². The topological polar surface area (TPSA) is 54.8 Å². The molecule has 0 radical (unpaired) electrons. The first kappa shape index (κ1) is 16.6. The van der Waals surface area contributed by atoms with Crippen LogP contribution in [-0.4, -0.2) is 33.0 Å². The zero-order valence-corrected chi connectivity index (χ0v) is 15.0. The third-order valence-corrected chi connectivity index (χ3v) is 5.04. The highest BCUT2D eigenvalue weighted by Crippen LogP contribution is 2.26. The largest absolute Gasteiger partial charge is 0.341 e. The molecule has 0 amide bonds. The molecule has 132 valence electrons. The van der Waals surface area contributed by atoms with E-state index in [0.29, 0.717) is 5.92 Å². The molecular formula is C21H23N5. The second-order valence-electron chi connectivity index (χ2n) is 6.94. The van der Waals surface area contributed by atoms with Crippen LogP contribution >= 0.6 is 0 Å². The number of rotatable bonds is 4. The van der Waals surface area contributed by atoms with Crippen molar-refractivity contribution in [1.82, 2.24) is 19.9 Å². The van der Waals surface area contributed by atoms with Crippen molar-refractivity contribution in [3.8, 4) is 11.3 Å². The second-order valence-corrected chi connectivity index (χ2v) is 6.94. The van der Waals surface area contributed by atoms with Gasteiger partial charge >= 0.3 is 0 Å². The van der Waals surface area contributed by atoms with Gasteiger partial charge in [0, 0.05) is 49.6 Å². The molecule has 1 aliphatic rings. The quantitative estimate of drug-likeness (QED) is 0.722. The Morgan fingerprint density at radius 3 is 2.46 bits per heavy atom. The van der Waals surface area contributed by atoms with Gasteiger partial charge in [-0.15, -0.1) is 0 Å². The van der Waals surface area contributed by atoms with Gasteiger partial charge in [-0.2, -0.15) is 0 Å². The average Bonchev–Trinajstić information content (AvgIpc) is 2.70. The first-order valence-corrected chi connectivity index (χ1v) is 9.17. The summed E-state index contributed by atoms with van der Waals surface area (Å²) in [5.74, 6) is 1.54. The number of aryl methyl sites for hydroxylation is 1. The maximum absolute atomic E-state index is 4.84. The molecule has 4 rings (SSSR count). The molecule has 0 spiro atoms. The van der Waals surface area contributed by atoms with E-state index in [0.717, 1.165) is 55.1 Å². The smallest absolute Gasteiger partial charge is 0.225 e. The lowest BCUT2D eigenvalue weighted by Gasteiger charge is -2.32. The van der Waals surface area contributed by atoms with Crippen molar-refractivity contribution >= 4 is 5.95 Å². The molecule has 0 N–H and O–H groups in total. The predicted octanol–water partition coefficient (Wildman–Crippen LogP) is 3.70. The van der Waals surface area contributed by atoms with Crippen molar-refractivity contribution in [2.45, 2.75) is 26.2 Å². The van der Waals surface area contributed by atoms with E-state index in [4.69, 9.17) is 4.98 Å². The Morgan fingerprint density at radius 1 is 1.00 bits per heavy atom. The van der Waals surface area contributed by atoms with E-state index in [1.165, 1.54) is 5.56 Å². The molecule has 0 unspecified atom stereocenters. The molecule has 3 aromatic heterocycles. The third kappa shape index (κ3) is 3.72. The van der Waals surface area contributed by atoms with Crippen molar-refractivity contribution in [3.05, 3.63) is 66.4 Å². The number of nitrogens with zero attached hydrogens (tertiary/aromatic N) is 5. The van der Waals surface area contributed by atoms with Crippen molar-refractivity contribution in [2.75, 3.05) is 18.0 Å². The molecule has 1 saturated heterocycles. The van der Waals surface area contributed by atoms with E-state index in [1.807, 2.05) is 49.9 Å². The molecule has 1 aliphatic heterocycles. The minimum absolute atomic E-state index is 0.707. The van der Waals surface area contributed by atoms with Crippen LogP contribution < -0.4 is 4.90 Å². The molecule has 5 nitrogen and oxygen atoms in total. The highest BCUT2D eigenvalue weighted by atomic mass is 15.3. The van der Waals surface area contributed by atoms with Crippen LogP contribution in [0, 0.1) is 12.8 Å². The van der Waals surface area contributed by atoms with Crippen molar-refractivity contribution in [2.24, 2.45) is 5.92 Å². The summed E-state index contributed by atoms with van der Waals surface area (Å²) in [5, 5.41) is 0. The summed E-state index contributed by atoms with van der Waals surface area (Å²) in [7, 11) is 0. The summed E-state index contributed by atoms with van der Waals surface area (Å²) in [6, 6.07) is 8.18. The number of hydrogen-bond acceptors (Lipinski definition) is 5. The predicted molar refractivity (Wildman–Crippen MR) is 103 cm³/mol. The van der Waals surface area contributed by atoms with Crippen LogP contribution in [0.15, 0.2) is 55.2 Å². The average molecular weight is 345 g/mol. The zero-order chi connectivity index (χ0) is 17.8. The molecule has 0 bridgehead atoms. The van der Waals surface area contributed by atoms with Crippen LogP contribution in [0.3, 0.4) is 0 Å². The fourth-order valence-electron chi connectivity index (χ4n) is 3.57. The van der Waals surface area contributed by atoms with Crippen molar-refractivity contribution in [3.63, 3.8) is 0 Å². The lowest BCUT2D eigenvalue weighted by molar-refractivity contribution is 0.400.